The van der Waals surface area contributed by atoms with E-state index in [4.69, 9.17) is 8.83 Å². The van der Waals surface area contributed by atoms with Gasteiger partial charge in [0.2, 0.25) is 0 Å². The number of rotatable bonds is 6. The number of nitrogens with zero attached hydrogens (tertiary/aromatic N) is 1. The molecule has 276 valence electrons. The Morgan fingerprint density at radius 3 is 1.81 bits per heavy atom. The summed E-state index contributed by atoms with van der Waals surface area (Å²) in [7, 11) is 0. The van der Waals surface area contributed by atoms with Gasteiger partial charge in [0.15, 0.2) is 0 Å². The second-order valence-corrected chi connectivity index (χ2v) is 15.3. The van der Waals surface area contributed by atoms with Crippen molar-refractivity contribution >= 4 is 77.3 Å². The molecule has 59 heavy (non-hydrogen) atoms. The van der Waals surface area contributed by atoms with Crippen LogP contribution < -0.4 is 0 Å². The maximum atomic E-state index is 6.63. The highest BCUT2D eigenvalue weighted by Gasteiger charge is 2.18. The Kier molecular flexibility index (Phi) is 7.54. The molecule has 0 amide bonds. The predicted octanol–water partition coefficient (Wildman–Crippen LogP) is 15.5. The molecule has 0 spiro atoms. The van der Waals surface area contributed by atoms with Crippen molar-refractivity contribution in [2.75, 3.05) is 0 Å². The van der Waals surface area contributed by atoms with Crippen LogP contribution >= 0.6 is 0 Å². The van der Waals surface area contributed by atoms with E-state index >= 15 is 0 Å². The lowest BCUT2D eigenvalue weighted by molar-refractivity contribution is 0.668. The molecular weight excluding hydrogens is 719 g/mol. The number of fused-ring (bicyclic) bond motifs is 9. The summed E-state index contributed by atoms with van der Waals surface area (Å²) in [5.41, 5.74) is 16.2. The Hall–Kier alpha value is -7.88. The quantitative estimate of drug-likeness (QED) is 0.158. The summed E-state index contributed by atoms with van der Waals surface area (Å²) in [6, 6.07) is 73.4. The van der Waals surface area contributed by atoms with Gasteiger partial charge in [0.05, 0.1) is 11.0 Å². The van der Waals surface area contributed by atoms with Gasteiger partial charge in [0.25, 0.3) is 0 Å². The molecule has 0 bridgehead atoms. The first-order valence-corrected chi connectivity index (χ1v) is 20.1. The van der Waals surface area contributed by atoms with Gasteiger partial charge >= 0.3 is 0 Å². The maximum Gasteiger partial charge on any atom is 0.136 e. The number of para-hydroxylation sites is 3. The third kappa shape index (κ3) is 5.51. The van der Waals surface area contributed by atoms with Crippen molar-refractivity contribution in [1.82, 2.24) is 4.57 Å². The van der Waals surface area contributed by atoms with Crippen molar-refractivity contribution in [3.63, 3.8) is 0 Å². The van der Waals surface area contributed by atoms with Crippen molar-refractivity contribution < 1.29 is 8.83 Å². The molecule has 0 aliphatic heterocycles. The third-order valence-corrected chi connectivity index (χ3v) is 11.8. The largest absolute Gasteiger partial charge is 0.456 e. The van der Waals surface area contributed by atoms with E-state index < -0.39 is 0 Å². The molecule has 3 aromatic heterocycles. The highest BCUT2D eigenvalue weighted by Crippen LogP contribution is 2.41. The smallest absolute Gasteiger partial charge is 0.136 e. The molecule has 0 unspecified atom stereocenters. The van der Waals surface area contributed by atoms with E-state index in [1.165, 1.54) is 32.9 Å². The molecule has 0 atom stereocenters. The van der Waals surface area contributed by atoms with Crippen LogP contribution in [0.1, 0.15) is 16.7 Å². The first-order chi connectivity index (χ1) is 29.2. The van der Waals surface area contributed by atoms with Gasteiger partial charge in [-0.15, -0.1) is 0 Å². The lowest BCUT2D eigenvalue weighted by atomic mass is 9.90. The number of aromatic nitrogens is 1. The minimum absolute atomic E-state index is 0.860. The summed E-state index contributed by atoms with van der Waals surface area (Å²) in [6.07, 6.45) is 2.31. The minimum atomic E-state index is 0.860. The van der Waals surface area contributed by atoms with Gasteiger partial charge in [-0.2, -0.15) is 0 Å². The second kappa shape index (κ2) is 13.4. The molecule has 0 N–H and O–H groups in total. The normalized spacial score (nSPS) is 12.2. The molecule has 0 saturated carbocycles. The van der Waals surface area contributed by atoms with Crippen molar-refractivity contribution in [3.8, 4) is 27.9 Å². The van der Waals surface area contributed by atoms with E-state index in [1.807, 2.05) is 12.1 Å². The maximum absolute atomic E-state index is 6.63. The standard InChI is InChI=1S/C56H35NO2/c1-3-12-37(13-4-1)38-23-25-39(26-24-38)46(32-36-22-30-53-48(33-36)44-17-8-10-20-52(44)58-53)45-18-11-21-55-56(45)49-35-41(28-31-54(49)59-55)40-27-29-51-47(34-40)43-16-7-9-19-50(43)57(51)42-14-5-2-6-15-42/h1-35H/b46-32+. The Morgan fingerprint density at radius 2 is 0.966 bits per heavy atom. The highest BCUT2D eigenvalue weighted by atomic mass is 16.3. The summed E-state index contributed by atoms with van der Waals surface area (Å²) in [4.78, 5) is 0. The molecule has 0 aliphatic carbocycles. The summed E-state index contributed by atoms with van der Waals surface area (Å²) in [5, 5.41) is 6.87. The van der Waals surface area contributed by atoms with Crippen LogP contribution in [0.3, 0.4) is 0 Å². The summed E-state index contributed by atoms with van der Waals surface area (Å²) in [5.74, 6) is 0. The van der Waals surface area contributed by atoms with E-state index in [1.54, 1.807) is 0 Å². The highest BCUT2D eigenvalue weighted by molar-refractivity contribution is 6.15. The molecule has 9 aromatic carbocycles. The third-order valence-electron chi connectivity index (χ3n) is 11.8. The Labute approximate surface area is 340 Å². The van der Waals surface area contributed by atoms with Gasteiger partial charge in [-0.3, -0.25) is 0 Å². The Bertz CT molecular complexity index is 3580. The van der Waals surface area contributed by atoms with Gasteiger partial charge in [-0.25, -0.2) is 0 Å². The molecule has 3 nitrogen and oxygen atoms in total. The minimum Gasteiger partial charge on any atom is -0.456 e. The fourth-order valence-electron chi connectivity index (χ4n) is 9.03. The molecule has 3 heterocycles. The molecule has 12 aromatic rings. The summed E-state index contributed by atoms with van der Waals surface area (Å²) < 4.78 is 15.2. The van der Waals surface area contributed by atoms with Gasteiger partial charge in [0, 0.05) is 38.0 Å². The van der Waals surface area contributed by atoms with Crippen LogP contribution in [0.15, 0.2) is 215 Å². The van der Waals surface area contributed by atoms with E-state index in [0.717, 1.165) is 83.0 Å². The van der Waals surface area contributed by atoms with E-state index in [2.05, 4.69) is 205 Å². The van der Waals surface area contributed by atoms with Crippen LogP contribution in [-0.2, 0) is 0 Å². The van der Waals surface area contributed by atoms with Crippen LogP contribution in [-0.4, -0.2) is 4.57 Å². The Balaban J connectivity index is 1.04. The molecule has 12 rings (SSSR count). The fraction of sp³-hybridized carbons (Fsp3) is 0. The zero-order valence-electron chi connectivity index (χ0n) is 32.0. The second-order valence-electron chi connectivity index (χ2n) is 15.3. The summed E-state index contributed by atoms with van der Waals surface area (Å²) >= 11 is 0. The number of furan rings is 2. The molecule has 0 radical (unpaired) electrons. The fourth-order valence-corrected chi connectivity index (χ4v) is 9.03. The lowest BCUT2D eigenvalue weighted by Gasteiger charge is -2.12. The van der Waals surface area contributed by atoms with Gasteiger partial charge < -0.3 is 13.4 Å². The van der Waals surface area contributed by atoms with Crippen LogP contribution in [0.4, 0.5) is 0 Å². The molecule has 3 heteroatoms. The molecule has 0 saturated heterocycles. The van der Waals surface area contributed by atoms with Gasteiger partial charge in [-0.05, 0) is 117 Å². The van der Waals surface area contributed by atoms with Crippen LogP contribution in [0.2, 0.25) is 0 Å². The summed E-state index contributed by atoms with van der Waals surface area (Å²) in [6.45, 7) is 0. The molecule has 0 aliphatic rings. The zero-order valence-corrected chi connectivity index (χ0v) is 32.0. The number of benzene rings is 9. The average molecular weight is 754 g/mol. The monoisotopic (exact) mass is 753 g/mol. The average Bonchev–Trinajstić information content (AvgIpc) is 3.98. The first kappa shape index (κ1) is 33.3. The number of hydrogen-bond donors (Lipinski definition) is 0. The van der Waals surface area contributed by atoms with Crippen molar-refractivity contribution in [1.29, 1.82) is 0 Å². The van der Waals surface area contributed by atoms with Crippen molar-refractivity contribution in [3.05, 3.63) is 223 Å². The first-order valence-electron chi connectivity index (χ1n) is 20.1. The molecular formula is C56H35NO2. The van der Waals surface area contributed by atoms with Gasteiger partial charge in [0.1, 0.15) is 22.3 Å². The van der Waals surface area contributed by atoms with Crippen LogP contribution in [0.25, 0.3) is 105 Å². The van der Waals surface area contributed by atoms with Gasteiger partial charge in [-0.1, -0.05) is 140 Å². The van der Waals surface area contributed by atoms with E-state index in [0.29, 0.717) is 0 Å². The lowest BCUT2D eigenvalue weighted by Crippen LogP contribution is -1.92. The van der Waals surface area contributed by atoms with E-state index in [-0.39, 0.29) is 0 Å². The number of hydrogen-bond acceptors (Lipinski definition) is 2. The SMILES string of the molecule is C(=C(/c1ccc(-c2ccccc2)cc1)c1cccc2oc3ccc(-c4ccc5c(c4)c4ccccc4n5-c4ccccc4)cc3c12)/c1ccc2oc3ccccc3c2c1. The predicted molar refractivity (Wildman–Crippen MR) is 246 cm³/mol. The van der Waals surface area contributed by atoms with Crippen LogP contribution in [0, 0.1) is 0 Å². The van der Waals surface area contributed by atoms with E-state index in [9.17, 15) is 0 Å². The van der Waals surface area contributed by atoms with Crippen molar-refractivity contribution in [2.24, 2.45) is 0 Å². The topological polar surface area (TPSA) is 31.2 Å². The van der Waals surface area contributed by atoms with Crippen molar-refractivity contribution in [2.45, 2.75) is 0 Å². The Morgan fingerprint density at radius 1 is 0.373 bits per heavy atom. The van der Waals surface area contributed by atoms with Crippen LogP contribution in [0.5, 0.6) is 0 Å². The zero-order chi connectivity index (χ0) is 38.9. The molecule has 0 fully saturated rings.